The molecule has 2 N–H and O–H groups in total. The van der Waals surface area contributed by atoms with E-state index in [4.69, 9.17) is 23.9 Å². The van der Waals surface area contributed by atoms with Gasteiger partial charge >= 0.3 is 0 Å². The number of benzene rings is 1. The van der Waals surface area contributed by atoms with E-state index in [1.165, 1.54) is 23.8 Å². The fourth-order valence-corrected chi connectivity index (χ4v) is 8.42. The van der Waals surface area contributed by atoms with E-state index in [-0.39, 0.29) is 24.9 Å². The highest BCUT2D eigenvalue weighted by Gasteiger charge is 2.48. The summed E-state index contributed by atoms with van der Waals surface area (Å²) in [6, 6.07) is 10.7. The SMILES string of the molecule is C=Ic1cc(C2=CCOCC2)cc(I=C)c1-c1ccc2[nH]c(O[C@@H]3COC4[C@H](O)CO[C@@H]43)cc2n1. The summed E-state index contributed by atoms with van der Waals surface area (Å²) >= 11 is -0.796. The van der Waals surface area contributed by atoms with Crippen LogP contribution in [-0.2, 0) is 14.2 Å². The van der Waals surface area contributed by atoms with Gasteiger partial charge in [-0.3, -0.25) is 0 Å². The number of aromatic amines is 1. The van der Waals surface area contributed by atoms with Gasteiger partial charge in [0.05, 0.1) is 43.2 Å². The van der Waals surface area contributed by atoms with Crippen LogP contribution in [0.3, 0.4) is 0 Å². The topological polar surface area (TPSA) is 85.8 Å². The van der Waals surface area contributed by atoms with Gasteiger partial charge in [0, 0.05) is 18.8 Å². The molecule has 0 radical (unpaired) electrons. The van der Waals surface area contributed by atoms with Crippen molar-refractivity contribution in [2.24, 2.45) is 0 Å². The van der Waals surface area contributed by atoms with E-state index >= 15 is 0 Å². The molecule has 3 aromatic rings. The zero-order chi connectivity index (χ0) is 23.9. The number of pyridine rings is 1. The largest absolute Gasteiger partial charge is 0.470 e. The number of H-pyrrole nitrogens is 1. The summed E-state index contributed by atoms with van der Waals surface area (Å²) in [5.41, 5.74) is 6.55. The van der Waals surface area contributed by atoms with E-state index in [1.54, 1.807) is 0 Å². The molecule has 2 aromatic heterocycles. The molecule has 1 aromatic carbocycles. The number of halogens is 2. The van der Waals surface area contributed by atoms with Crippen molar-refractivity contribution in [3.8, 4) is 17.1 Å². The van der Waals surface area contributed by atoms with Crippen LogP contribution >= 0.6 is 41.5 Å². The van der Waals surface area contributed by atoms with E-state index in [2.05, 4.69) is 44.4 Å². The number of hydrogen-bond acceptors (Lipinski definition) is 6. The van der Waals surface area contributed by atoms with Gasteiger partial charge in [0.1, 0.15) is 18.3 Å². The molecule has 7 nitrogen and oxygen atoms in total. The first-order chi connectivity index (χ1) is 17.1. The Balaban J connectivity index is 1.32. The molecule has 3 aliphatic rings. The lowest BCUT2D eigenvalue weighted by Gasteiger charge is -2.17. The Labute approximate surface area is 223 Å². The quantitative estimate of drug-likeness (QED) is 0.378. The lowest BCUT2D eigenvalue weighted by atomic mass is 9.99. The summed E-state index contributed by atoms with van der Waals surface area (Å²) in [6.45, 7) is 2.12. The van der Waals surface area contributed by atoms with Gasteiger partial charge in [-0.2, -0.15) is 0 Å². The molecule has 35 heavy (non-hydrogen) atoms. The van der Waals surface area contributed by atoms with Crippen molar-refractivity contribution in [3.05, 3.63) is 49.1 Å². The summed E-state index contributed by atoms with van der Waals surface area (Å²) in [4.78, 5) is 8.32. The summed E-state index contributed by atoms with van der Waals surface area (Å²) in [5.74, 6) is 0.625. The Bertz CT molecular complexity index is 1310. The van der Waals surface area contributed by atoms with Crippen LogP contribution in [-0.4, -0.2) is 74.9 Å². The second kappa shape index (κ2) is 10.1. The third-order valence-electron chi connectivity index (χ3n) is 6.63. The fraction of sp³-hybridized carbons (Fsp3) is 0.346. The second-order valence-electron chi connectivity index (χ2n) is 8.72. The Morgan fingerprint density at radius 1 is 1.06 bits per heavy atom. The maximum Gasteiger partial charge on any atom is 0.193 e. The monoisotopic (exact) mass is 700 g/mol. The predicted octanol–water partition coefficient (Wildman–Crippen LogP) is 4.08. The molecule has 5 heterocycles. The number of nitrogens with zero attached hydrogens (tertiary/aromatic N) is 1. The van der Waals surface area contributed by atoms with Crippen LogP contribution in [0, 0.1) is 7.14 Å². The van der Waals surface area contributed by atoms with Crippen LogP contribution in [0.5, 0.6) is 5.88 Å². The molecule has 0 spiro atoms. The highest BCUT2D eigenvalue weighted by atomic mass is 127. The lowest BCUT2D eigenvalue weighted by molar-refractivity contribution is 0.00794. The first-order valence-corrected chi connectivity index (χ1v) is 16.7. The average molecular weight is 700 g/mol. The van der Waals surface area contributed by atoms with Crippen LogP contribution in [0.15, 0.2) is 36.4 Å². The number of hydrogen-bond donors (Lipinski definition) is 2. The Morgan fingerprint density at radius 3 is 2.60 bits per heavy atom. The van der Waals surface area contributed by atoms with Crippen molar-refractivity contribution in [2.45, 2.75) is 30.8 Å². The molecular formula is C26H26I2N2O5. The van der Waals surface area contributed by atoms with Gasteiger partial charge in [0.15, 0.2) is 12.0 Å². The van der Waals surface area contributed by atoms with E-state index in [9.17, 15) is 5.11 Å². The van der Waals surface area contributed by atoms with Crippen LogP contribution in [0.4, 0.5) is 0 Å². The standard InChI is InChI=1S/C26H26I2N2O5/c1-27-16-9-15(14-5-7-32-8-6-14)10-17(28-2)24(16)19-4-3-18-20(29-19)11-23(30-18)35-22-13-34-25-21(31)12-33-26(22)25/h3-5,9-11,21-22,25-26,30-31H,1-2,6-8,12-13H2/t21-,22-,25?,26-/m1/s1. The Hall–Kier alpha value is -1.51. The Kier molecular flexibility index (Phi) is 6.88. The van der Waals surface area contributed by atoms with Crippen molar-refractivity contribution in [2.75, 3.05) is 26.4 Å². The number of nitrogens with one attached hydrogen (secondary N) is 1. The van der Waals surface area contributed by atoms with Crippen molar-refractivity contribution in [1.29, 1.82) is 0 Å². The summed E-state index contributed by atoms with van der Waals surface area (Å²) in [7, 11) is 0. The Morgan fingerprint density at radius 2 is 1.86 bits per heavy atom. The lowest BCUT2D eigenvalue weighted by Crippen LogP contribution is -2.34. The number of aliphatic hydroxyl groups is 1. The van der Waals surface area contributed by atoms with Crippen molar-refractivity contribution in [1.82, 2.24) is 9.97 Å². The van der Waals surface area contributed by atoms with Crippen molar-refractivity contribution >= 4 is 67.1 Å². The highest BCUT2D eigenvalue weighted by molar-refractivity contribution is 14.2. The van der Waals surface area contributed by atoms with Gasteiger partial charge in [-0.15, -0.1) is 0 Å². The fourth-order valence-electron chi connectivity index (χ4n) is 4.90. The third-order valence-corrected chi connectivity index (χ3v) is 9.98. The molecule has 0 saturated carbocycles. The second-order valence-corrected chi connectivity index (χ2v) is 12.6. The predicted molar refractivity (Wildman–Crippen MR) is 155 cm³/mol. The van der Waals surface area contributed by atoms with Gasteiger partial charge in [-0.05, 0) is 41.8 Å². The molecule has 0 bridgehead atoms. The number of rotatable bonds is 6. The van der Waals surface area contributed by atoms with Gasteiger partial charge in [-0.25, -0.2) is 4.98 Å². The molecule has 0 aliphatic carbocycles. The van der Waals surface area contributed by atoms with E-state index in [0.717, 1.165) is 29.8 Å². The smallest absolute Gasteiger partial charge is 0.193 e. The molecule has 184 valence electrons. The normalized spacial score (nSPS) is 26.1. The first kappa shape index (κ1) is 23.9. The molecule has 1 unspecified atom stereocenters. The number of ether oxygens (including phenoxy) is 4. The molecule has 9 heteroatoms. The first-order valence-electron chi connectivity index (χ1n) is 11.4. The zero-order valence-electron chi connectivity index (χ0n) is 19.0. The molecule has 6 rings (SSSR count). The molecule has 2 saturated heterocycles. The van der Waals surface area contributed by atoms with Crippen molar-refractivity contribution in [3.63, 3.8) is 0 Å². The van der Waals surface area contributed by atoms with Crippen LogP contribution in [0.1, 0.15) is 12.0 Å². The van der Waals surface area contributed by atoms with E-state index < -0.39 is 47.6 Å². The minimum Gasteiger partial charge on any atom is -0.470 e. The minimum atomic E-state index is -0.593. The number of aromatic nitrogens is 2. The molecule has 0 amide bonds. The number of aliphatic hydroxyl groups excluding tert-OH is 1. The van der Waals surface area contributed by atoms with E-state index in [0.29, 0.717) is 19.1 Å². The van der Waals surface area contributed by atoms with Gasteiger partial charge in [0.25, 0.3) is 0 Å². The summed E-state index contributed by atoms with van der Waals surface area (Å²) < 4.78 is 34.3. The minimum absolute atomic E-state index is 0.253. The zero-order valence-corrected chi connectivity index (χ0v) is 23.3. The van der Waals surface area contributed by atoms with Crippen LogP contribution in [0.25, 0.3) is 27.9 Å². The molecule has 2 fully saturated rings. The van der Waals surface area contributed by atoms with Gasteiger partial charge < -0.3 is 29.0 Å². The molecule has 3 aliphatic heterocycles. The summed E-state index contributed by atoms with van der Waals surface area (Å²) in [6.07, 6.45) is 1.71. The van der Waals surface area contributed by atoms with E-state index in [1.807, 2.05) is 6.07 Å². The van der Waals surface area contributed by atoms with Gasteiger partial charge in [0.2, 0.25) is 0 Å². The van der Waals surface area contributed by atoms with Gasteiger partial charge in [-0.1, -0.05) is 56.6 Å². The molecular weight excluding hydrogens is 674 g/mol. The third kappa shape index (κ3) is 4.55. The average Bonchev–Trinajstić information content (AvgIpc) is 3.59. The maximum absolute atomic E-state index is 9.98. The van der Waals surface area contributed by atoms with Crippen LogP contribution in [0.2, 0.25) is 0 Å². The number of fused-ring (bicyclic) bond motifs is 2. The maximum atomic E-state index is 9.98. The summed E-state index contributed by atoms with van der Waals surface area (Å²) in [5, 5.41) is 9.98. The van der Waals surface area contributed by atoms with Crippen molar-refractivity contribution < 1.29 is 24.1 Å². The molecule has 4 atom stereocenters. The highest BCUT2D eigenvalue weighted by Crippen LogP contribution is 2.37. The van der Waals surface area contributed by atoms with Crippen LogP contribution < -0.4 is 4.74 Å².